The molecule has 0 aliphatic carbocycles. The zero-order valence-electron chi connectivity index (χ0n) is 16.8. The van der Waals surface area contributed by atoms with Crippen molar-refractivity contribution in [2.75, 3.05) is 32.6 Å². The van der Waals surface area contributed by atoms with Crippen LogP contribution in [0.3, 0.4) is 0 Å². The van der Waals surface area contributed by atoms with E-state index in [1.807, 2.05) is 36.4 Å². The summed E-state index contributed by atoms with van der Waals surface area (Å²) in [6.07, 6.45) is 1.59. The molecule has 0 spiro atoms. The summed E-state index contributed by atoms with van der Waals surface area (Å²) in [7, 11) is 3.36. The third-order valence-corrected chi connectivity index (χ3v) is 5.70. The van der Waals surface area contributed by atoms with E-state index in [0.29, 0.717) is 34.3 Å². The van der Waals surface area contributed by atoms with Gasteiger partial charge < -0.3 is 19.5 Å². The predicted molar refractivity (Wildman–Crippen MR) is 118 cm³/mol. The van der Waals surface area contributed by atoms with E-state index < -0.39 is 0 Å². The summed E-state index contributed by atoms with van der Waals surface area (Å²) in [6, 6.07) is 16.1. The van der Waals surface area contributed by atoms with Crippen LogP contribution >= 0.6 is 11.3 Å². The van der Waals surface area contributed by atoms with E-state index in [-0.39, 0.29) is 5.91 Å². The predicted octanol–water partition coefficient (Wildman–Crippen LogP) is 4.28. The molecule has 1 amide bonds. The number of likely N-dealkylation sites (N-methyl/N-ethyl adjacent to an activating group) is 1. The highest BCUT2D eigenvalue weighted by Gasteiger charge is 2.19. The number of hydrogen-bond donors (Lipinski definition) is 1. The van der Waals surface area contributed by atoms with Crippen LogP contribution in [0.5, 0.6) is 0 Å². The first-order chi connectivity index (χ1) is 14.7. The first-order valence-corrected chi connectivity index (χ1v) is 10.3. The molecule has 0 radical (unpaired) electrons. The second kappa shape index (κ2) is 9.06. The lowest BCUT2D eigenvalue weighted by atomic mass is 10.2. The number of amides is 1. The summed E-state index contributed by atoms with van der Waals surface area (Å²) in [5.74, 6) is -0.0870. The lowest BCUT2D eigenvalue weighted by Gasteiger charge is -2.14. The fraction of sp³-hybridized carbons (Fsp3) is 0.227. The minimum Gasteiger partial charge on any atom is -0.383 e. The Bertz CT molecular complexity index is 1140. The van der Waals surface area contributed by atoms with Crippen LogP contribution in [0.4, 0.5) is 5.69 Å². The van der Waals surface area contributed by atoms with E-state index in [2.05, 4.69) is 27.6 Å². The highest BCUT2D eigenvalue weighted by molar-refractivity contribution is 7.17. The maximum Gasteiger partial charge on any atom is 0.265 e. The van der Waals surface area contributed by atoms with E-state index >= 15 is 0 Å². The van der Waals surface area contributed by atoms with Gasteiger partial charge in [0.1, 0.15) is 15.6 Å². The van der Waals surface area contributed by atoms with Crippen LogP contribution in [-0.4, -0.2) is 48.3 Å². The monoisotopic (exact) mass is 422 g/mol. The molecule has 0 bridgehead atoms. The summed E-state index contributed by atoms with van der Waals surface area (Å²) >= 11 is 1.31. The van der Waals surface area contributed by atoms with Crippen LogP contribution in [0.1, 0.15) is 15.2 Å². The Balaban J connectivity index is 1.50. The van der Waals surface area contributed by atoms with Gasteiger partial charge in [0.2, 0.25) is 0 Å². The van der Waals surface area contributed by atoms with Crippen LogP contribution in [0.25, 0.3) is 21.7 Å². The molecule has 30 heavy (non-hydrogen) atoms. The van der Waals surface area contributed by atoms with Gasteiger partial charge in [0.05, 0.1) is 18.2 Å². The highest BCUT2D eigenvalue weighted by Crippen LogP contribution is 2.32. The molecule has 2 heterocycles. The van der Waals surface area contributed by atoms with Crippen LogP contribution < -0.4 is 5.32 Å². The van der Waals surface area contributed by atoms with Crippen LogP contribution in [0.15, 0.2) is 59.3 Å². The van der Waals surface area contributed by atoms with E-state index in [1.165, 1.54) is 16.9 Å². The van der Waals surface area contributed by atoms with Crippen molar-refractivity contribution < 1.29 is 14.1 Å². The number of benzene rings is 2. The average Bonchev–Trinajstić information content (AvgIpc) is 3.43. The molecule has 154 valence electrons. The number of rotatable bonds is 8. The standard InChI is InChI=1S/C22H22N4O3S/c1-26(10-11-28-2)22(27)19-14-24-21(30-19)20-17-9-8-16(12-18(17)29-25-20)23-13-15-6-4-3-5-7-15/h3-9,12,14,23H,10-11,13H2,1-2H3. The molecule has 0 saturated carbocycles. The number of nitrogens with zero attached hydrogens (tertiary/aromatic N) is 3. The number of fused-ring (bicyclic) bond motifs is 1. The molecule has 0 atom stereocenters. The van der Waals surface area contributed by atoms with E-state index in [4.69, 9.17) is 9.26 Å². The van der Waals surface area contributed by atoms with Gasteiger partial charge in [-0.25, -0.2) is 4.98 Å². The van der Waals surface area contributed by atoms with Gasteiger partial charge in [-0.1, -0.05) is 35.5 Å². The van der Waals surface area contributed by atoms with Gasteiger partial charge in [0.15, 0.2) is 5.58 Å². The third-order valence-electron chi connectivity index (χ3n) is 4.71. The molecular formula is C22H22N4O3S. The average molecular weight is 423 g/mol. The maximum absolute atomic E-state index is 12.5. The van der Waals surface area contributed by atoms with E-state index in [0.717, 1.165) is 17.6 Å². The number of methoxy groups -OCH3 is 1. The lowest BCUT2D eigenvalue weighted by Crippen LogP contribution is -2.29. The smallest absolute Gasteiger partial charge is 0.265 e. The fourth-order valence-electron chi connectivity index (χ4n) is 3.00. The summed E-state index contributed by atoms with van der Waals surface area (Å²) in [6.45, 7) is 1.73. The third kappa shape index (κ3) is 4.34. The zero-order chi connectivity index (χ0) is 20.9. The molecule has 0 unspecified atom stereocenters. The second-order valence-electron chi connectivity index (χ2n) is 6.83. The summed E-state index contributed by atoms with van der Waals surface area (Å²) < 4.78 is 10.6. The van der Waals surface area contributed by atoms with Crippen LogP contribution in [-0.2, 0) is 11.3 Å². The Kier molecular flexibility index (Phi) is 6.06. The number of carbonyl (C=O) groups is 1. The number of nitrogens with one attached hydrogen (secondary N) is 1. The summed E-state index contributed by atoms with van der Waals surface area (Å²) in [5.41, 5.74) is 3.46. The molecular weight excluding hydrogens is 400 g/mol. The van der Waals surface area contributed by atoms with Crippen LogP contribution in [0, 0.1) is 0 Å². The molecule has 2 aromatic carbocycles. The minimum absolute atomic E-state index is 0.0870. The summed E-state index contributed by atoms with van der Waals surface area (Å²) in [5, 5.41) is 9.10. The molecule has 0 aliphatic heterocycles. The highest BCUT2D eigenvalue weighted by atomic mass is 32.1. The topological polar surface area (TPSA) is 80.5 Å². The Labute approximate surface area is 178 Å². The zero-order valence-corrected chi connectivity index (χ0v) is 17.6. The van der Waals surface area contributed by atoms with Gasteiger partial charge in [0, 0.05) is 39.0 Å². The molecule has 0 saturated heterocycles. The van der Waals surface area contributed by atoms with Crippen molar-refractivity contribution in [2.45, 2.75) is 6.54 Å². The number of thiazole rings is 1. The van der Waals surface area contributed by atoms with Crippen molar-refractivity contribution in [3.05, 3.63) is 65.2 Å². The van der Waals surface area contributed by atoms with Gasteiger partial charge >= 0.3 is 0 Å². The first kappa shape index (κ1) is 20.1. The number of ether oxygens (including phenoxy) is 1. The van der Waals surface area contributed by atoms with Gasteiger partial charge in [-0.15, -0.1) is 11.3 Å². The van der Waals surface area contributed by atoms with Crippen molar-refractivity contribution in [2.24, 2.45) is 0 Å². The van der Waals surface area contributed by atoms with Crippen molar-refractivity contribution in [1.82, 2.24) is 15.0 Å². The van der Waals surface area contributed by atoms with Crippen molar-refractivity contribution in [3.8, 4) is 10.7 Å². The van der Waals surface area contributed by atoms with Crippen molar-refractivity contribution >= 4 is 33.9 Å². The van der Waals surface area contributed by atoms with Gasteiger partial charge in [-0.05, 0) is 17.7 Å². The molecule has 0 aliphatic rings. The molecule has 4 aromatic rings. The molecule has 4 rings (SSSR count). The normalized spacial score (nSPS) is 11.0. The molecule has 1 N–H and O–H groups in total. The number of carbonyl (C=O) groups excluding carboxylic acids is 1. The summed E-state index contributed by atoms with van der Waals surface area (Å²) in [4.78, 5) is 19.1. The number of anilines is 1. The Morgan fingerprint density at radius 2 is 2.07 bits per heavy atom. The largest absolute Gasteiger partial charge is 0.383 e. The molecule has 2 aromatic heterocycles. The Morgan fingerprint density at radius 1 is 1.23 bits per heavy atom. The number of aromatic nitrogens is 2. The Morgan fingerprint density at radius 3 is 2.87 bits per heavy atom. The van der Waals surface area contributed by atoms with Gasteiger partial charge in [-0.3, -0.25) is 4.79 Å². The van der Waals surface area contributed by atoms with Crippen LogP contribution in [0.2, 0.25) is 0 Å². The van der Waals surface area contributed by atoms with E-state index in [9.17, 15) is 4.79 Å². The molecule has 0 fully saturated rings. The van der Waals surface area contributed by atoms with Crippen molar-refractivity contribution in [3.63, 3.8) is 0 Å². The molecule has 7 nitrogen and oxygen atoms in total. The first-order valence-electron chi connectivity index (χ1n) is 9.53. The quantitative estimate of drug-likeness (QED) is 0.456. The van der Waals surface area contributed by atoms with Gasteiger partial charge in [0.25, 0.3) is 5.91 Å². The SMILES string of the molecule is COCCN(C)C(=O)c1cnc(-c2noc3cc(NCc4ccccc4)ccc23)s1. The van der Waals surface area contributed by atoms with E-state index in [1.54, 1.807) is 25.3 Å². The second-order valence-corrected chi connectivity index (χ2v) is 7.86. The fourth-order valence-corrected chi connectivity index (χ4v) is 3.91. The van der Waals surface area contributed by atoms with Crippen molar-refractivity contribution in [1.29, 1.82) is 0 Å². The van der Waals surface area contributed by atoms with Gasteiger partial charge in [-0.2, -0.15) is 0 Å². The number of hydrogen-bond acceptors (Lipinski definition) is 7. The minimum atomic E-state index is -0.0870. The maximum atomic E-state index is 12.5. The molecule has 8 heteroatoms. The Hall–Kier alpha value is -3.23. The lowest BCUT2D eigenvalue weighted by molar-refractivity contribution is 0.0748.